The molecule has 0 unspecified atom stereocenters. The Balaban J connectivity index is 1.59. The van der Waals surface area contributed by atoms with E-state index in [1.165, 1.54) is 23.5 Å². The average Bonchev–Trinajstić information content (AvgIpc) is 3.18. The summed E-state index contributed by atoms with van der Waals surface area (Å²) in [5, 5.41) is 12.8. The molecular weight excluding hydrogens is 343 g/mol. The van der Waals surface area contributed by atoms with Crippen LogP contribution in [0.25, 0.3) is 11.3 Å². The Hall–Kier alpha value is -2.43. The molecule has 4 rings (SSSR count). The Labute approximate surface area is 146 Å². The number of nitrogens with zero attached hydrogens (tertiary/aromatic N) is 3. The highest BCUT2D eigenvalue weighted by Gasteiger charge is 2.25. The normalized spacial score (nSPS) is 13.6. The lowest BCUT2D eigenvalue weighted by Gasteiger charge is -2.26. The van der Waals surface area contributed by atoms with E-state index in [0.29, 0.717) is 10.6 Å². The maximum atomic E-state index is 13.0. The number of hydrogen-bond acceptors (Lipinski definition) is 6. The lowest BCUT2D eigenvalue weighted by molar-refractivity contribution is 0.628. The molecule has 120 valence electrons. The van der Waals surface area contributed by atoms with Crippen molar-refractivity contribution in [1.82, 2.24) is 4.98 Å². The number of nitriles is 1. The van der Waals surface area contributed by atoms with Gasteiger partial charge in [-0.15, -0.1) is 22.7 Å². The summed E-state index contributed by atoms with van der Waals surface area (Å²) in [6, 6.07) is 8.57. The van der Waals surface area contributed by atoms with Gasteiger partial charge in [0.25, 0.3) is 0 Å². The lowest BCUT2D eigenvalue weighted by Crippen LogP contribution is -2.29. The van der Waals surface area contributed by atoms with Gasteiger partial charge in [-0.05, 0) is 36.2 Å². The monoisotopic (exact) mass is 356 g/mol. The average molecular weight is 356 g/mol. The van der Waals surface area contributed by atoms with Gasteiger partial charge in [0.2, 0.25) is 0 Å². The first-order valence-corrected chi connectivity index (χ1v) is 9.12. The third kappa shape index (κ3) is 2.54. The van der Waals surface area contributed by atoms with Crippen molar-refractivity contribution in [3.05, 3.63) is 51.5 Å². The van der Waals surface area contributed by atoms with E-state index < -0.39 is 0 Å². The standard InChI is InChI=1S/C17H13FN4S2/c18-11-3-1-10(2-4-11)14-9-23-17(21-14)22-6-5-12-13(7-19)16(20)24-15(12)8-22/h1-4,9H,5-6,8,20H2. The first-order valence-electron chi connectivity index (χ1n) is 7.42. The van der Waals surface area contributed by atoms with E-state index in [4.69, 9.17) is 5.73 Å². The van der Waals surface area contributed by atoms with Crippen LogP contribution in [0, 0.1) is 17.1 Å². The molecule has 0 amide bonds. The molecule has 0 fully saturated rings. The summed E-state index contributed by atoms with van der Waals surface area (Å²) in [4.78, 5) is 8.04. The molecular formula is C17H13FN4S2. The molecule has 0 atom stereocenters. The fourth-order valence-corrected chi connectivity index (χ4v) is 4.82. The van der Waals surface area contributed by atoms with Gasteiger partial charge >= 0.3 is 0 Å². The van der Waals surface area contributed by atoms with Gasteiger partial charge in [-0.25, -0.2) is 9.37 Å². The van der Waals surface area contributed by atoms with Crippen molar-refractivity contribution in [2.24, 2.45) is 0 Å². The molecule has 3 heterocycles. The van der Waals surface area contributed by atoms with E-state index in [-0.39, 0.29) is 5.82 Å². The lowest BCUT2D eigenvalue weighted by atomic mass is 10.0. The van der Waals surface area contributed by atoms with Crippen LogP contribution in [-0.2, 0) is 13.0 Å². The summed E-state index contributed by atoms with van der Waals surface area (Å²) in [6.45, 7) is 1.54. The molecule has 2 N–H and O–H groups in total. The van der Waals surface area contributed by atoms with Crippen LogP contribution in [0.3, 0.4) is 0 Å². The number of benzene rings is 1. The SMILES string of the molecule is N#Cc1c(N)sc2c1CCN(c1nc(-c3ccc(F)cc3)cs1)C2. The number of halogens is 1. The van der Waals surface area contributed by atoms with Crippen LogP contribution in [0.4, 0.5) is 14.5 Å². The fourth-order valence-electron chi connectivity index (χ4n) is 2.87. The van der Waals surface area contributed by atoms with Gasteiger partial charge in [0, 0.05) is 22.4 Å². The van der Waals surface area contributed by atoms with E-state index in [9.17, 15) is 9.65 Å². The molecule has 1 aliphatic heterocycles. The van der Waals surface area contributed by atoms with Crippen molar-refractivity contribution in [3.63, 3.8) is 0 Å². The summed E-state index contributed by atoms with van der Waals surface area (Å²) < 4.78 is 13.0. The van der Waals surface area contributed by atoms with E-state index in [1.54, 1.807) is 23.5 Å². The maximum Gasteiger partial charge on any atom is 0.186 e. The summed E-state index contributed by atoms with van der Waals surface area (Å²) in [5.74, 6) is -0.249. The zero-order chi connectivity index (χ0) is 16.7. The third-order valence-electron chi connectivity index (χ3n) is 4.10. The van der Waals surface area contributed by atoms with Crippen LogP contribution in [-0.4, -0.2) is 11.5 Å². The van der Waals surface area contributed by atoms with Crippen molar-refractivity contribution in [1.29, 1.82) is 5.26 Å². The highest BCUT2D eigenvalue weighted by atomic mass is 32.1. The van der Waals surface area contributed by atoms with Gasteiger partial charge in [0.05, 0.1) is 17.8 Å². The smallest absolute Gasteiger partial charge is 0.186 e. The number of fused-ring (bicyclic) bond motifs is 1. The summed E-state index contributed by atoms with van der Waals surface area (Å²) >= 11 is 3.07. The Kier molecular flexibility index (Phi) is 3.71. The number of nitrogen functional groups attached to an aromatic ring is 1. The number of nitrogens with two attached hydrogens (primary N) is 1. The van der Waals surface area contributed by atoms with Crippen LogP contribution in [0.15, 0.2) is 29.6 Å². The number of thiazole rings is 1. The summed E-state index contributed by atoms with van der Waals surface area (Å²) in [6.07, 6.45) is 0.803. The minimum atomic E-state index is -0.249. The number of aromatic nitrogens is 1. The van der Waals surface area contributed by atoms with Crippen molar-refractivity contribution >= 4 is 32.8 Å². The van der Waals surface area contributed by atoms with Crippen molar-refractivity contribution < 1.29 is 4.39 Å². The van der Waals surface area contributed by atoms with Gasteiger partial charge in [-0.2, -0.15) is 5.26 Å². The second-order valence-electron chi connectivity index (χ2n) is 5.55. The van der Waals surface area contributed by atoms with E-state index in [0.717, 1.165) is 46.3 Å². The molecule has 7 heteroatoms. The first-order chi connectivity index (χ1) is 11.7. The van der Waals surface area contributed by atoms with Crippen LogP contribution >= 0.6 is 22.7 Å². The second kappa shape index (κ2) is 5.89. The zero-order valence-electron chi connectivity index (χ0n) is 12.6. The zero-order valence-corrected chi connectivity index (χ0v) is 14.3. The van der Waals surface area contributed by atoms with Crippen LogP contribution in [0.1, 0.15) is 16.0 Å². The molecule has 0 saturated carbocycles. The molecule has 0 spiro atoms. The molecule has 0 bridgehead atoms. The summed E-state index contributed by atoms with van der Waals surface area (Å²) in [7, 11) is 0. The van der Waals surface area contributed by atoms with E-state index in [2.05, 4.69) is 16.0 Å². The molecule has 0 radical (unpaired) electrons. The van der Waals surface area contributed by atoms with Crippen LogP contribution in [0.5, 0.6) is 0 Å². The van der Waals surface area contributed by atoms with Crippen molar-refractivity contribution in [2.75, 3.05) is 17.2 Å². The Morgan fingerprint density at radius 3 is 2.83 bits per heavy atom. The highest BCUT2D eigenvalue weighted by Crippen LogP contribution is 2.37. The molecule has 3 aromatic rings. The molecule has 4 nitrogen and oxygen atoms in total. The Morgan fingerprint density at radius 1 is 1.29 bits per heavy atom. The van der Waals surface area contributed by atoms with Gasteiger partial charge in [-0.3, -0.25) is 0 Å². The predicted molar refractivity (Wildman–Crippen MR) is 95.7 cm³/mol. The van der Waals surface area contributed by atoms with Crippen molar-refractivity contribution in [3.8, 4) is 17.3 Å². The molecule has 1 aliphatic rings. The minimum Gasteiger partial charge on any atom is -0.389 e. The van der Waals surface area contributed by atoms with E-state index >= 15 is 0 Å². The molecule has 0 saturated heterocycles. The van der Waals surface area contributed by atoms with Gasteiger partial charge < -0.3 is 10.6 Å². The number of rotatable bonds is 2. The topological polar surface area (TPSA) is 65.9 Å². The van der Waals surface area contributed by atoms with E-state index in [1.807, 2.05) is 5.38 Å². The maximum absolute atomic E-state index is 13.0. The summed E-state index contributed by atoms with van der Waals surface area (Å²) in [5.41, 5.74) is 9.43. The molecule has 0 aliphatic carbocycles. The molecule has 24 heavy (non-hydrogen) atoms. The number of hydrogen-bond donors (Lipinski definition) is 1. The van der Waals surface area contributed by atoms with Crippen LogP contribution in [0.2, 0.25) is 0 Å². The third-order valence-corrected chi connectivity index (χ3v) is 6.05. The second-order valence-corrected chi connectivity index (χ2v) is 7.52. The number of anilines is 2. The van der Waals surface area contributed by atoms with Crippen molar-refractivity contribution in [2.45, 2.75) is 13.0 Å². The number of thiophene rings is 1. The predicted octanol–water partition coefficient (Wildman–Crippen LogP) is 4.03. The first kappa shape index (κ1) is 15.1. The molecule has 1 aromatic carbocycles. The Morgan fingerprint density at radius 2 is 2.08 bits per heavy atom. The largest absolute Gasteiger partial charge is 0.389 e. The van der Waals surface area contributed by atoms with Crippen LogP contribution < -0.4 is 10.6 Å². The van der Waals surface area contributed by atoms with Gasteiger partial charge in [0.15, 0.2) is 5.13 Å². The van der Waals surface area contributed by atoms with Gasteiger partial charge in [0.1, 0.15) is 16.9 Å². The highest BCUT2D eigenvalue weighted by molar-refractivity contribution is 7.16. The van der Waals surface area contributed by atoms with Gasteiger partial charge in [-0.1, -0.05) is 0 Å². The minimum absolute atomic E-state index is 0.249. The fraction of sp³-hybridized carbons (Fsp3) is 0.176. The Bertz CT molecular complexity index is 937. The quantitative estimate of drug-likeness (QED) is 0.753. The molecule has 2 aromatic heterocycles.